The van der Waals surface area contributed by atoms with E-state index in [0.29, 0.717) is 12.8 Å². The summed E-state index contributed by atoms with van der Waals surface area (Å²) < 4.78 is 25.6. The van der Waals surface area contributed by atoms with Gasteiger partial charge in [0, 0.05) is 13.1 Å². The fourth-order valence-electron chi connectivity index (χ4n) is 2.36. The van der Waals surface area contributed by atoms with Gasteiger partial charge in [-0.3, -0.25) is 0 Å². The van der Waals surface area contributed by atoms with Crippen molar-refractivity contribution >= 4 is 36.7 Å². The van der Waals surface area contributed by atoms with Crippen LogP contribution in [-0.4, -0.2) is 40.7 Å². The number of anilines is 1. The molecule has 0 saturated carbocycles. The number of nitrogens with one attached hydrogen (secondary N) is 1. The van der Waals surface area contributed by atoms with Gasteiger partial charge in [0.1, 0.15) is 9.84 Å². The highest BCUT2D eigenvalue weighted by Crippen LogP contribution is 2.29. The maximum Gasteiger partial charge on any atom is 0.185 e. The molecule has 2 aromatic rings. The number of hydrogen-bond donors (Lipinski definition) is 1. The molecular formula is C11H16N4O2S2. The second kappa shape index (κ2) is 4.45. The Kier molecular flexibility index (Phi) is 3.01. The lowest BCUT2D eigenvalue weighted by Gasteiger charge is -2.22. The minimum atomic E-state index is -2.81. The standard InChI is InChI=1S/C11H16N4O2S2/c1-7-9-10(15(2)14-7)13-11(18-9)12-8-3-5-19(16,17)6-4-8/h8H,3-6H2,1-2H3,(H,12,13). The van der Waals surface area contributed by atoms with E-state index in [4.69, 9.17) is 0 Å². The normalized spacial score (nSPS) is 19.9. The van der Waals surface area contributed by atoms with Crippen LogP contribution in [0.1, 0.15) is 18.5 Å². The SMILES string of the molecule is Cc1nn(C)c2nc(NC3CCS(=O)(=O)CC3)sc12. The first-order valence-electron chi connectivity index (χ1n) is 6.22. The van der Waals surface area contributed by atoms with E-state index < -0.39 is 9.84 Å². The Labute approximate surface area is 115 Å². The van der Waals surface area contributed by atoms with Crippen LogP contribution in [0.25, 0.3) is 10.3 Å². The van der Waals surface area contributed by atoms with Gasteiger partial charge in [0.25, 0.3) is 0 Å². The first-order valence-corrected chi connectivity index (χ1v) is 8.85. The van der Waals surface area contributed by atoms with E-state index in [0.717, 1.165) is 21.2 Å². The topological polar surface area (TPSA) is 76.9 Å². The van der Waals surface area contributed by atoms with Crippen molar-refractivity contribution in [3.8, 4) is 0 Å². The molecule has 3 heterocycles. The number of aryl methyl sites for hydroxylation is 2. The average Bonchev–Trinajstić information content (AvgIpc) is 2.85. The third kappa shape index (κ3) is 2.46. The van der Waals surface area contributed by atoms with E-state index in [1.165, 1.54) is 0 Å². The van der Waals surface area contributed by atoms with Crippen LogP contribution in [0.2, 0.25) is 0 Å². The molecule has 0 amide bonds. The fraction of sp³-hybridized carbons (Fsp3) is 0.636. The van der Waals surface area contributed by atoms with Gasteiger partial charge in [-0.25, -0.2) is 18.1 Å². The predicted octanol–water partition coefficient (Wildman–Crippen LogP) is 1.33. The van der Waals surface area contributed by atoms with E-state index in [9.17, 15) is 8.42 Å². The van der Waals surface area contributed by atoms with E-state index in [1.54, 1.807) is 16.0 Å². The van der Waals surface area contributed by atoms with Crippen LogP contribution >= 0.6 is 11.3 Å². The molecule has 1 aliphatic heterocycles. The summed E-state index contributed by atoms with van der Waals surface area (Å²) in [6.45, 7) is 1.97. The summed E-state index contributed by atoms with van der Waals surface area (Å²) in [7, 11) is -0.925. The lowest BCUT2D eigenvalue weighted by molar-refractivity contribution is 0.559. The van der Waals surface area contributed by atoms with Crippen molar-refractivity contribution in [3.05, 3.63) is 5.69 Å². The van der Waals surface area contributed by atoms with Crippen molar-refractivity contribution in [3.63, 3.8) is 0 Å². The number of aromatic nitrogens is 3. The molecule has 0 radical (unpaired) electrons. The molecule has 0 aliphatic carbocycles. The second-order valence-electron chi connectivity index (χ2n) is 4.95. The fourth-order valence-corrected chi connectivity index (χ4v) is 4.86. The van der Waals surface area contributed by atoms with Crippen molar-refractivity contribution in [1.29, 1.82) is 0 Å². The lowest BCUT2D eigenvalue weighted by Crippen LogP contribution is -2.32. The summed E-state index contributed by atoms with van der Waals surface area (Å²) in [5, 5.41) is 8.52. The Morgan fingerprint density at radius 3 is 2.68 bits per heavy atom. The van der Waals surface area contributed by atoms with Crippen molar-refractivity contribution in [1.82, 2.24) is 14.8 Å². The molecule has 2 aromatic heterocycles. The third-order valence-corrected chi connectivity index (χ3v) is 6.23. The van der Waals surface area contributed by atoms with Crippen molar-refractivity contribution in [2.75, 3.05) is 16.8 Å². The van der Waals surface area contributed by atoms with Gasteiger partial charge in [0.2, 0.25) is 0 Å². The van der Waals surface area contributed by atoms with Gasteiger partial charge in [-0.05, 0) is 19.8 Å². The summed E-state index contributed by atoms with van der Waals surface area (Å²) in [5.74, 6) is 0.548. The van der Waals surface area contributed by atoms with E-state index in [-0.39, 0.29) is 17.5 Å². The molecular weight excluding hydrogens is 284 g/mol. The molecule has 1 N–H and O–H groups in total. The zero-order valence-corrected chi connectivity index (χ0v) is 12.5. The van der Waals surface area contributed by atoms with Crippen molar-refractivity contribution in [2.45, 2.75) is 25.8 Å². The molecule has 6 nitrogen and oxygen atoms in total. The molecule has 0 atom stereocenters. The van der Waals surface area contributed by atoms with Crippen LogP contribution in [0.4, 0.5) is 5.13 Å². The Bertz CT molecular complexity index is 668. The zero-order chi connectivity index (χ0) is 13.6. The van der Waals surface area contributed by atoms with Crippen LogP contribution in [0.15, 0.2) is 0 Å². The minimum absolute atomic E-state index is 0.206. The maximum atomic E-state index is 11.4. The van der Waals surface area contributed by atoms with E-state index >= 15 is 0 Å². The monoisotopic (exact) mass is 300 g/mol. The highest BCUT2D eigenvalue weighted by atomic mass is 32.2. The first-order chi connectivity index (χ1) is 8.94. The van der Waals surface area contributed by atoms with Gasteiger partial charge in [0.15, 0.2) is 10.8 Å². The number of rotatable bonds is 2. The number of nitrogens with zero attached hydrogens (tertiary/aromatic N) is 3. The number of hydrogen-bond acceptors (Lipinski definition) is 6. The largest absolute Gasteiger partial charge is 0.359 e. The quantitative estimate of drug-likeness (QED) is 0.905. The van der Waals surface area contributed by atoms with E-state index in [1.807, 2.05) is 14.0 Å². The molecule has 0 spiro atoms. The van der Waals surface area contributed by atoms with Crippen LogP contribution in [-0.2, 0) is 16.9 Å². The summed E-state index contributed by atoms with van der Waals surface area (Å²) in [6.07, 6.45) is 1.32. The molecule has 1 fully saturated rings. The van der Waals surface area contributed by atoms with Crippen molar-refractivity contribution in [2.24, 2.45) is 7.05 Å². The smallest absolute Gasteiger partial charge is 0.185 e. The van der Waals surface area contributed by atoms with Gasteiger partial charge in [-0.2, -0.15) is 5.10 Å². The Hall–Kier alpha value is -1.15. The zero-order valence-electron chi connectivity index (χ0n) is 10.9. The molecule has 1 aliphatic rings. The molecule has 0 unspecified atom stereocenters. The van der Waals surface area contributed by atoms with E-state index in [2.05, 4.69) is 15.4 Å². The Morgan fingerprint density at radius 1 is 1.37 bits per heavy atom. The number of thiazole rings is 1. The van der Waals surface area contributed by atoms with Gasteiger partial charge < -0.3 is 5.32 Å². The summed E-state index contributed by atoms with van der Waals surface area (Å²) in [6, 6.07) is 0.206. The molecule has 8 heteroatoms. The summed E-state index contributed by atoms with van der Waals surface area (Å²) >= 11 is 1.58. The van der Waals surface area contributed by atoms with Crippen LogP contribution in [0.5, 0.6) is 0 Å². The van der Waals surface area contributed by atoms with Crippen LogP contribution in [0, 0.1) is 6.92 Å². The highest BCUT2D eigenvalue weighted by molar-refractivity contribution is 7.91. The van der Waals surface area contributed by atoms with Crippen LogP contribution < -0.4 is 5.32 Å². The minimum Gasteiger partial charge on any atom is -0.359 e. The van der Waals surface area contributed by atoms with Gasteiger partial charge in [-0.1, -0.05) is 11.3 Å². The molecule has 0 bridgehead atoms. The number of sulfone groups is 1. The van der Waals surface area contributed by atoms with Crippen LogP contribution in [0.3, 0.4) is 0 Å². The first kappa shape index (κ1) is 12.9. The van der Waals surface area contributed by atoms with Gasteiger partial charge >= 0.3 is 0 Å². The predicted molar refractivity (Wildman–Crippen MR) is 76.4 cm³/mol. The Balaban J connectivity index is 1.77. The molecule has 1 saturated heterocycles. The average molecular weight is 300 g/mol. The molecule has 0 aromatic carbocycles. The molecule has 3 rings (SSSR count). The summed E-state index contributed by atoms with van der Waals surface area (Å²) in [5.41, 5.74) is 1.86. The summed E-state index contributed by atoms with van der Waals surface area (Å²) in [4.78, 5) is 4.52. The molecule has 104 valence electrons. The Morgan fingerprint density at radius 2 is 2.05 bits per heavy atom. The maximum absolute atomic E-state index is 11.4. The van der Waals surface area contributed by atoms with Gasteiger partial charge in [-0.15, -0.1) is 0 Å². The molecule has 19 heavy (non-hydrogen) atoms. The highest BCUT2D eigenvalue weighted by Gasteiger charge is 2.24. The van der Waals surface area contributed by atoms with Gasteiger partial charge in [0.05, 0.1) is 21.9 Å². The third-order valence-electron chi connectivity index (χ3n) is 3.43. The number of fused-ring (bicyclic) bond motifs is 1. The lowest BCUT2D eigenvalue weighted by atomic mass is 10.2. The van der Waals surface area contributed by atoms with Crippen molar-refractivity contribution < 1.29 is 8.42 Å². The second-order valence-corrected chi connectivity index (χ2v) is 8.25.